The zero-order chi connectivity index (χ0) is 16.5. The van der Waals surface area contributed by atoms with Crippen LogP contribution in [-0.2, 0) is 11.8 Å². The van der Waals surface area contributed by atoms with Crippen molar-refractivity contribution < 1.29 is 4.79 Å². The number of fused-ring (bicyclic) bond motifs is 1. The van der Waals surface area contributed by atoms with Gasteiger partial charge in [0.15, 0.2) is 5.65 Å². The molecule has 1 saturated carbocycles. The molecule has 3 heterocycles. The second-order valence-corrected chi connectivity index (χ2v) is 7.39. The van der Waals surface area contributed by atoms with Crippen molar-refractivity contribution in [3.8, 4) is 0 Å². The summed E-state index contributed by atoms with van der Waals surface area (Å²) < 4.78 is 2.09. The molecule has 2 aliphatic rings. The topological polar surface area (TPSA) is 51.0 Å². The zero-order valence-corrected chi connectivity index (χ0v) is 14.4. The van der Waals surface area contributed by atoms with Crippen LogP contribution >= 0.6 is 0 Å². The zero-order valence-electron chi connectivity index (χ0n) is 14.4. The van der Waals surface area contributed by atoms with Gasteiger partial charge in [-0.05, 0) is 30.9 Å². The highest BCUT2D eigenvalue weighted by Gasteiger charge is 2.30. The lowest BCUT2D eigenvalue weighted by Crippen LogP contribution is -2.28. The van der Waals surface area contributed by atoms with Crippen LogP contribution in [0.2, 0.25) is 0 Å². The molecule has 24 heavy (non-hydrogen) atoms. The lowest BCUT2D eigenvalue weighted by atomic mass is 10.0. The van der Waals surface area contributed by atoms with E-state index in [0.29, 0.717) is 11.8 Å². The lowest BCUT2D eigenvalue weighted by molar-refractivity contribution is -0.130. The third-order valence-electron chi connectivity index (χ3n) is 5.81. The summed E-state index contributed by atoms with van der Waals surface area (Å²) in [5.74, 6) is 2.52. The Morgan fingerprint density at radius 2 is 2.12 bits per heavy atom. The van der Waals surface area contributed by atoms with E-state index in [2.05, 4.69) is 9.55 Å². The average molecular weight is 326 g/mol. The van der Waals surface area contributed by atoms with Crippen LogP contribution in [0.1, 0.15) is 56.7 Å². The second-order valence-electron chi connectivity index (χ2n) is 7.39. The quantitative estimate of drug-likeness (QED) is 0.866. The number of rotatable bonds is 4. The molecule has 2 aromatic rings. The normalized spacial score (nSPS) is 21.9. The maximum absolute atomic E-state index is 12.5. The van der Waals surface area contributed by atoms with Gasteiger partial charge in [-0.1, -0.05) is 25.7 Å². The standard InChI is InChI=1S/C19H26N4O/c1-22-18(21-16-7-4-11-20-19(16)22)15-10-12-23(13-15)17(24)9-8-14-5-2-3-6-14/h4,7,11,14-15H,2-3,5-6,8-10,12-13H2,1H3/t15-/m0/s1. The number of likely N-dealkylation sites (tertiary alicyclic amines) is 1. The molecule has 1 amide bonds. The smallest absolute Gasteiger partial charge is 0.222 e. The van der Waals surface area contributed by atoms with Crippen LogP contribution in [0.25, 0.3) is 11.2 Å². The van der Waals surface area contributed by atoms with Crippen LogP contribution in [0.3, 0.4) is 0 Å². The number of aromatic nitrogens is 3. The highest BCUT2D eigenvalue weighted by atomic mass is 16.2. The molecule has 5 heteroatoms. The Labute approximate surface area is 143 Å². The van der Waals surface area contributed by atoms with Gasteiger partial charge in [0.1, 0.15) is 11.3 Å². The van der Waals surface area contributed by atoms with Crippen molar-refractivity contribution in [2.75, 3.05) is 13.1 Å². The van der Waals surface area contributed by atoms with E-state index in [9.17, 15) is 4.79 Å². The molecule has 5 nitrogen and oxygen atoms in total. The summed E-state index contributed by atoms with van der Waals surface area (Å²) in [4.78, 5) is 23.8. The number of hydrogen-bond donors (Lipinski definition) is 0. The van der Waals surface area contributed by atoms with Crippen LogP contribution in [0.4, 0.5) is 0 Å². The van der Waals surface area contributed by atoms with Crippen LogP contribution in [0.5, 0.6) is 0 Å². The minimum absolute atomic E-state index is 0.333. The van der Waals surface area contributed by atoms with Crippen LogP contribution < -0.4 is 0 Å². The highest BCUT2D eigenvalue weighted by Crippen LogP contribution is 2.31. The molecular weight excluding hydrogens is 300 g/mol. The van der Waals surface area contributed by atoms with Crippen molar-refractivity contribution in [1.29, 1.82) is 0 Å². The van der Waals surface area contributed by atoms with Crippen LogP contribution in [0, 0.1) is 5.92 Å². The number of pyridine rings is 1. The first-order chi connectivity index (χ1) is 11.7. The Morgan fingerprint density at radius 3 is 2.92 bits per heavy atom. The van der Waals surface area contributed by atoms with E-state index >= 15 is 0 Å². The van der Waals surface area contributed by atoms with E-state index < -0.39 is 0 Å². The third-order valence-corrected chi connectivity index (χ3v) is 5.81. The first-order valence-corrected chi connectivity index (χ1v) is 9.27. The molecular formula is C19H26N4O. The van der Waals surface area contributed by atoms with Crippen molar-refractivity contribution in [3.63, 3.8) is 0 Å². The van der Waals surface area contributed by atoms with E-state index in [4.69, 9.17) is 4.98 Å². The van der Waals surface area contributed by atoms with Gasteiger partial charge in [0, 0.05) is 38.7 Å². The molecule has 1 aliphatic carbocycles. The Hall–Kier alpha value is -1.91. The first kappa shape index (κ1) is 15.6. The summed E-state index contributed by atoms with van der Waals surface area (Å²) in [5, 5.41) is 0. The van der Waals surface area contributed by atoms with E-state index in [-0.39, 0.29) is 0 Å². The Kier molecular flexibility index (Phi) is 4.25. The minimum Gasteiger partial charge on any atom is -0.342 e. The van der Waals surface area contributed by atoms with Crippen molar-refractivity contribution in [1.82, 2.24) is 19.4 Å². The number of aryl methyl sites for hydroxylation is 1. The lowest BCUT2D eigenvalue weighted by Gasteiger charge is -2.17. The molecule has 2 fully saturated rings. The molecule has 0 unspecified atom stereocenters. The molecule has 128 valence electrons. The van der Waals surface area contributed by atoms with Gasteiger partial charge in [-0.15, -0.1) is 0 Å². The molecule has 0 bridgehead atoms. The molecule has 0 radical (unpaired) electrons. The predicted molar refractivity (Wildman–Crippen MR) is 93.6 cm³/mol. The molecule has 0 aromatic carbocycles. The molecule has 0 spiro atoms. The molecule has 1 aliphatic heterocycles. The minimum atomic E-state index is 0.333. The maximum Gasteiger partial charge on any atom is 0.222 e. The molecule has 2 aromatic heterocycles. The van der Waals surface area contributed by atoms with Gasteiger partial charge in [-0.2, -0.15) is 0 Å². The SMILES string of the molecule is Cn1c([C@H]2CCN(C(=O)CCC3CCCC3)C2)nc2cccnc21. The van der Waals surface area contributed by atoms with E-state index in [0.717, 1.165) is 55.3 Å². The number of carbonyl (C=O) groups is 1. The Morgan fingerprint density at radius 1 is 1.29 bits per heavy atom. The maximum atomic E-state index is 12.5. The number of carbonyl (C=O) groups excluding carboxylic acids is 1. The molecule has 1 atom stereocenters. The van der Waals surface area contributed by atoms with Gasteiger partial charge < -0.3 is 9.47 Å². The highest BCUT2D eigenvalue weighted by molar-refractivity contribution is 5.76. The van der Waals surface area contributed by atoms with Crippen LogP contribution in [-0.4, -0.2) is 38.4 Å². The molecule has 4 rings (SSSR count). The van der Waals surface area contributed by atoms with Gasteiger partial charge >= 0.3 is 0 Å². The number of imidazole rings is 1. The summed E-state index contributed by atoms with van der Waals surface area (Å²) in [6.07, 6.45) is 9.97. The predicted octanol–water partition coefficient (Wildman–Crippen LogP) is 3.25. The fraction of sp³-hybridized carbons (Fsp3) is 0.632. The number of hydrogen-bond acceptors (Lipinski definition) is 3. The summed E-state index contributed by atoms with van der Waals surface area (Å²) in [7, 11) is 2.03. The van der Waals surface area contributed by atoms with Gasteiger partial charge in [0.05, 0.1) is 0 Å². The number of nitrogens with zero attached hydrogens (tertiary/aromatic N) is 4. The van der Waals surface area contributed by atoms with Crippen molar-refractivity contribution in [2.45, 2.75) is 50.9 Å². The average Bonchev–Trinajstić information content (AvgIpc) is 3.33. The van der Waals surface area contributed by atoms with Crippen molar-refractivity contribution in [3.05, 3.63) is 24.2 Å². The van der Waals surface area contributed by atoms with E-state index in [1.165, 1.54) is 25.7 Å². The monoisotopic (exact) mass is 326 g/mol. The van der Waals surface area contributed by atoms with Gasteiger partial charge in [0.2, 0.25) is 5.91 Å². The molecule has 1 saturated heterocycles. The Balaban J connectivity index is 1.40. The third kappa shape index (κ3) is 2.92. The summed E-state index contributed by atoms with van der Waals surface area (Å²) in [6.45, 7) is 1.67. The van der Waals surface area contributed by atoms with E-state index in [1.54, 1.807) is 6.20 Å². The van der Waals surface area contributed by atoms with Crippen LogP contribution in [0.15, 0.2) is 18.3 Å². The summed E-state index contributed by atoms with van der Waals surface area (Å²) in [6, 6.07) is 3.93. The molecule has 0 N–H and O–H groups in total. The van der Waals surface area contributed by atoms with Crippen molar-refractivity contribution in [2.24, 2.45) is 13.0 Å². The fourth-order valence-electron chi connectivity index (χ4n) is 4.39. The largest absolute Gasteiger partial charge is 0.342 e. The van der Waals surface area contributed by atoms with Gasteiger partial charge in [-0.25, -0.2) is 9.97 Å². The van der Waals surface area contributed by atoms with Gasteiger partial charge in [0.25, 0.3) is 0 Å². The second kappa shape index (κ2) is 6.54. The van der Waals surface area contributed by atoms with E-state index in [1.807, 2.05) is 24.1 Å². The summed E-state index contributed by atoms with van der Waals surface area (Å²) >= 11 is 0. The first-order valence-electron chi connectivity index (χ1n) is 9.27. The van der Waals surface area contributed by atoms with Crippen molar-refractivity contribution >= 4 is 17.1 Å². The summed E-state index contributed by atoms with van der Waals surface area (Å²) in [5.41, 5.74) is 1.87. The van der Waals surface area contributed by atoms with Gasteiger partial charge in [-0.3, -0.25) is 4.79 Å². The number of amides is 1. The fourth-order valence-corrected chi connectivity index (χ4v) is 4.39. The Bertz CT molecular complexity index is 732.